The molecule has 1 aromatic carbocycles. The summed E-state index contributed by atoms with van der Waals surface area (Å²) >= 11 is 0. The second kappa shape index (κ2) is 8.02. The van der Waals surface area contributed by atoms with Crippen LogP contribution >= 0.6 is 0 Å². The zero-order chi connectivity index (χ0) is 19.7. The standard InChI is InChI=1S/C20H26F2N2O4/c21-16-5-4-14(9-17(16)22)18(19(25)26)23-7-8-27-12-20(11-23)13-28-10-15-3-1-2-6-24(15)20/h4-5,9,15,18H,1-3,6-8,10-13H2,(H,25,26)/t15-,18?,20+/m1/s1. The van der Waals surface area contributed by atoms with Crippen molar-refractivity contribution in [2.24, 2.45) is 0 Å². The van der Waals surface area contributed by atoms with E-state index >= 15 is 0 Å². The summed E-state index contributed by atoms with van der Waals surface area (Å²) in [4.78, 5) is 16.4. The fraction of sp³-hybridized carbons (Fsp3) is 0.650. The van der Waals surface area contributed by atoms with Crippen LogP contribution in [-0.4, -0.2) is 78.5 Å². The van der Waals surface area contributed by atoms with E-state index in [4.69, 9.17) is 9.47 Å². The number of piperidine rings is 1. The first kappa shape index (κ1) is 19.7. The van der Waals surface area contributed by atoms with Crippen molar-refractivity contribution >= 4 is 5.97 Å². The van der Waals surface area contributed by atoms with Gasteiger partial charge in [0.15, 0.2) is 11.6 Å². The van der Waals surface area contributed by atoms with Gasteiger partial charge in [-0.3, -0.25) is 14.6 Å². The van der Waals surface area contributed by atoms with Crippen molar-refractivity contribution in [3.05, 3.63) is 35.4 Å². The number of hydrogen-bond acceptors (Lipinski definition) is 5. The molecule has 0 saturated carbocycles. The first-order valence-electron chi connectivity index (χ1n) is 9.84. The molecule has 3 fully saturated rings. The SMILES string of the molecule is O=C(O)C(c1ccc(F)c(F)c1)N1CCOC[C@]2(COC[C@H]3CCCCN32)C1. The summed E-state index contributed by atoms with van der Waals surface area (Å²) in [7, 11) is 0. The quantitative estimate of drug-likeness (QED) is 0.844. The Bertz CT molecular complexity index is 732. The predicted octanol–water partition coefficient (Wildman–Crippen LogP) is 2.05. The van der Waals surface area contributed by atoms with Gasteiger partial charge in [0.25, 0.3) is 0 Å². The van der Waals surface area contributed by atoms with E-state index in [1.807, 2.05) is 4.90 Å². The van der Waals surface area contributed by atoms with Crippen molar-refractivity contribution in [2.45, 2.75) is 36.9 Å². The number of fused-ring (bicyclic) bond motifs is 2. The van der Waals surface area contributed by atoms with Crippen LogP contribution in [-0.2, 0) is 14.3 Å². The number of carboxylic acid groups (broad SMARTS) is 1. The van der Waals surface area contributed by atoms with E-state index < -0.39 is 29.2 Å². The molecule has 28 heavy (non-hydrogen) atoms. The van der Waals surface area contributed by atoms with E-state index in [0.717, 1.165) is 37.9 Å². The van der Waals surface area contributed by atoms with Gasteiger partial charge in [-0.2, -0.15) is 0 Å². The lowest BCUT2D eigenvalue weighted by atomic mass is 9.88. The number of carboxylic acids is 1. The first-order chi connectivity index (χ1) is 13.5. The third-order valence-corrected chi connectivity index (χ3v) is 6.17. The summed E-state index contributed by atoms with van der Waals surface area (Å²) in [6, 6.07) is 2.55. The van der Waals surface area contributed by atoms with Crippen LogP contribution in [0.2, 0.25) is 0 Å². The molecule has 0 aliphatic carbocycles. The Morgan fingerprint density at radius 1 is 1.18 bits per heavy atom. The third kappa shape index (κ3) is 3.66. The van der Waals surface area contributed by atoms with Gasteiger partial charge in [0, 0.05) is 19.1 Å². The summed E-state index contributed by atoms with van der Waals surface area (Å²) in [6.07, 6.45) is 3.33. The number of rotatable bonds is 3. The van der Waals surface area contributed by atoms with E-state index in [9.17, 15) is 18.7 Å². The molecule has 0 amide bonds. The molecule has 154 valence electrons. The lowest BCUT2D eigenvalue weighted by Gasteiger charge is -2.53. The monoisotopic (exact) mass is 396 g/mol. The van der Waals surface area contributed by atoms with Gasteiger partial charge in [0.2, 0.25) is 0 Å². The largest absolute Gasteiger partial charge is 0.480 e. The Balaban J connectivity index is 1.65. The van der Waals surface area contributed by atoms with Crippen LogP contribution in [0.15, 0.2) is 18.2 Å². The van der Waals surface area contributed by atoms with E-state index in [-0.39, 0.29) is 5.56 Å². The van der Waals surface area contributed by atoms with Crippen LogP contribution in [0, 0.1) is 11.6 Å². The number of aliphatic carboxylic acids is 1. The van der Waals surface area contributed by atoms with Gasteiger partial charge >= 0.3 is 5.97 Å². The molecule has 1 N–H and O–H groups in total. The zero-order valence-electron chi connectivity index (χ0n) is 15.8. The van der Waals surface area contributed by atoms with Gasteiger partial charge in [-0.25, -0.2) is 8.78 Å². The number of benzene rings is 1. The average Bonchev–Trinajstić information content (AvgIpc) is 2.88. The molecule has 3 saturated heterocycles. The second-order valence-corrected chi connectivity index (χ2v) is 8.02. The summed E-state index contributed by atoms with van der Waals surface area (Å²) in [5.74, 6) is -3.11. The van der Waals surface area contributed by atoms with Crippen molar-refractivity contribution < 1.29 is 28.2 Å². The number of halogens is 2. The highest BCUT2D eigenvalue weighted by molar-refractivity contribution is 5.75. The van der Waals surface area contributed by atoms with Crippen molar-refractivity contribution in [1.29, 1.82) is 0 Å². The zero-order valence-corrected chi connectivity index (χ0v) is 15.8. The molecule has 8 heteroatoms. The number of ether oxygens (including phenoxy) is 2. The number of carbonyl (C=O) groups is 1. The molecule has 3 atom stereocenters. The summed E-state index contributed by atoms with van der Waals surface area (Å²) in [5, 5.41) is 9.91. The molecule has 4 rings (SSSR count). The van der Waals surface area contributed by atoms with E-state index in [1.54, 1.807) is 0 Å². The second-order valence-electron chi connectivity index (χ2n) is 8.02. The lowest BCUT2D eigenvalue weighted by Crippen LogP contribution is -2.68. The lowest BCUT2D eigenvalue weighted by molar-refractivity contribution is -0.152. The Morgan fingerprint density at radius 3 is 2.79 bits per heavy atom. The minimum Gasteiger partial charge on any atom is -0.480 e. The maximum Gasteiger partial charge on any atom is 0.325 e. The van der Waals surface area contributed by atoms with Gasteiger partial charge in [0.1, 0.15) is 6.04 Å². The summed E-state index contributed by atoms with van der Waals surface area (Å²) < 4.78 is 38.9. The van der Waals surface area contributed by atoms with Crippen LogP contribution in [0.3, 0.4) is 0 Å². The molecule has 6 nitrogen and oxygen atoms in total. The molecule has 3 aliphatic heterocycles. The maximum atomic E-state index is 13.8. The third-order valence-electron chi connectivity index (χ3n) is 6.17. The normalized spacial score (nSPS) is 30.6. The Labute approximate surface area is 163 Å². The van der Waals surface area contributed by atoms with Crippen LogP contribution < -0.4 is 0 Å². The average molecular weight is 396 g/mol. The first-order valence-corrected chi connectivity index (χ1v) is 9.84. The molecule has 3 aliphatic rings. The highest BCUT2D eigenvalue weighted by atomic mass is 19.2. The fourth-order valence-electron chi connectivity index (χ4n) is 4.89. The molecule has 0 radical (unpaired) electrons. The van der Waals surface area contributed by atoms with Crippen LogP contribution in [0.1, 0.15) is 30.9 Å². The van der Waals surface area contributed by atoms with Gasteiger partial charge in [0.05, 0.1) is 32.0 Å². The Hall–Kier alpha value is -1.61. The molecule has 0 bridgehead atoms. The highest BCUT2D eigenvalue weighted by Crippen LogP contribution is 2.35. The van der Waals surface area contributed by atoms with E-state index in [1.165, 1.54) is 6.07 Å². The minimum atomic E-state index is -1.09. The van der Waals surface area contributed by atoms with E-state index in [0.29, 0.717) is 45.6 Å². The molecule has 0 aromatic heterocycles. The number of morpholine rings is 1. The molecule has 1 unspecified atom stereocenters. The van der Waals surface area contributed by atoms with Gasteiger partial charge in [-0.15, -0.1) is 0 Å². The summed E-state index contributed by atoms with van der Waals surface area (Å²) in [6.45, 7) is 3.80. The maximum absolute atomic E-state index is 13.8. The fourth-order valence-corrected chi connectivity index (χ4v) is 4.89. The molecule has 1 spiro atoms. The molecular weight excluding hydrogens is 370 g/mol. The minimum absolute atomic E-state index is 0.232. The Kier molecular flexibility index (Phi) is 5.64. The van der Waals surface area contributed by atoms with Crippen LogP contribution in [0.4, 0.5) is 8.78 Å². The highest BCUT2D eigenvalue weighted by Gasteiger charge is 2.48. The van der Waals surface area contributed by atoms with Crippen molar-refractivity contribution in [1.82, 2.24) is 9.80 Å². The van der Waals surface area contributed by atoms with Crippen LogP contribution in [0.25, 0.3) is 0 Å². The van der Waals surface area contributed by atoms with Crippen molar-refractivity contribution in [3.8, 4) is 0 Å². The van der Waals surface area contributed by atoms with Crippen molar-refractivity contribution in [3.63, 3.8) is 0 Å². The van der Waals surface area contributed by atoms with Gasteiger partial charge < -0.3 is 14.6 Å². The van der Waals surface area contributed by atoms with Crippen molar-refractivity contribution in [2.75, 3.05) is 46.1 Å². The smallest absolute Gasteiger partial charge is 0.325 e. The van der Waals surface area contributed by atoms with Crippen LogP contribution in [0.5, 0.6) is 0 Å². The van der Waals surface area contributed by atoms with E-state index in [2.05, 4.69) is 4.90 Å². The molecule has 1 aromatic rings. The molecule has 3 heterocycles. The number of nitrogens with zero attached hydrogens (tertiary/aromatic N) is 2. The summed E-state index contributed by atoms with van der Waals surface area (Å²) in [5.41, 5.74) is -0.193. The molecular formula is C20H26F2N2O4. The van der Waals surface area contributed by atoms with Gasteiger partial charge in [-0.1, -0.05) is 12.5 Å². The Morgan fingerprint density at radius 2 is 2.00 bits per heavy atom. The number of hydrogen-bond donors (Lipinski definition) is 1. The predicted molar refractivity (Wildman–Crippen MR) is 97.0 cm³/mol. The topological polar surface area (TPSA) is 62.2 Å². The van der Waals surface area contributed by atoms with Gasteiger partial charge in [-0.05, 0) is 37.1 Å².